The Hall–Kier alpha value is -3.09. The van der Waals surface area contributed by atoms with Crippen LogP contribution in [0.5, 0.6) is 5.75 Å². The molecule has 2 heterocycles. The number of aryl methyl sites for hydroxylation is 2. The lowest BCUT2D eigenvalue weighted by molar-refractivity contribution is 0.0954. The molecule has 0 unspecified atom stereocenters. The highest BCUT2D eigenvalue weighted by Gasteiger charge is 2.15. The van der Waals surface area contributed by atoms with Crippen LogP contribution in [0.4, 0.5) is 0 Å². The van der Waals surface area contributed by atoms with Crippen LogP contribution < -0.4 is 10.1 Å². The van der Waals surface area contributed by atoms with Crippen LogP contribution in [-0.2, 0) is 6.42 Å². The van der Waals surface area contributed by atoms with E-state index in [1.54, 1.807) is 13.3 Å². The van der Waals surface area contributed by atoms with Crippen molar-refractivity contribution in [2.75, 3.05) is 13.7 Å². The van der Waals surface area contributed by atoms with Crippen LogP contribution in [0.1, 0.15) is 28.0 Å². The SMILES string of the molecule is COc1ccc(-c2[nH]ncc2C(=O)NCCCc2cn[nH]c2C)cc1. The van der Waals surface area contributed by atoms with E-state index < -0.39 is 0 Å². The maximum Gasteiger partial charge on any atom is 0.255 e. The van der Waals surface area contributed by atoms with Crippen molar-refractivity contribution in [3.8, 4) is 17.0 Å². The molecule has 0 radical (unpaired) electrons. The van der Waals surface area contributed by atoms with E-state index in [4.69, 9.17) is 4.74 Å². The predicted molar refractivity (Wildman–Crippen MR) is 94.6 cm³/mol. The van der Waals surface area contributed by atoms with Gasteiger partial charge < -0.3 is 10.1 Å². The van der Waals surface area contributed by atoms with E-state index in [1.807, 2.05) is 37.4 Å². The quantitative estimate of drug-likeness (QED) is 0.576. The molecule has 130 valence electrons. The maximum absolute atomic E-state index is 12.4. The molecule has 2 aromatic heterocycles. The van der Waals surface area contributed by atoms with E-state index in [1.165, 1.54) is 5.56 Å². The fourth-order valence-electron chi connectivity index (χ4n) is 2.64. The smallest absolute Gasteiger partial charge is 0.255 e. The molecule has 0 fully saturated rings. The van der Waals surface area contributed by atoms with Crippen molar-refractivity contribution in [2.45, 2.75) is 19.8 Å². The van der Waals surface area contributed by atoms with Crippen LogP contribution in [0, 0.1) is 6.92 Å². The zero-order valence-electron chi connectivity index (χ0n) is 14.3. The third-order valence-electron chi connectivity index (χ3n) is 4.11. The number of carbonyl (C=O) groups is 1. The number of benzene rings is 1. The molecule has 0 aliphatic heterocycles. The van der Waals surface area contributed by atoms with E-state index in [0.29, 0.717) is 17.8 Å². The van der Waals surface area contributed by atoms with Gasteiger partial charge in [-0.1, -0.05) is 0 Å². The van der Waals surface area contributed by atoms with Gasteiger partial charge in [-0.25, -0.2) is 0 Å². The molecule has 0 aliphatic carbocycles. The minimum Gasteiger partial charge on any atom is -0.497 e. The highest BCUT2D eigenvalue weighted by molar-refractivity contribution is 5.99. The predicted octanol–water partition coefficient (Wildman–Crippen LogP) is 2.48. The van der Waals surface area contributed by atoms with Gasteiger partial charge in [0, 0.05) is 17.8 Å². The maximum atomic E-state index is 12.4. The minimum absolute atomic E-state index is 0.136. The van der Waals surface area contributed by atoms with Crippen LogP contribution in [0.25, 0.3) is 11.3 Å². The molecule has 1 amide bonds. The Morgan fingerprint density at radius 1 is 1.16 bits per heavy atom. The molecular weight excluding hydrogens is 318 g/mol. The van der Waals surface area contributed by atoms with Gasteiger partial charge in [0.05, 0.1) is 30.8 Å². The van der Waals surface area contributed by atoms with Gasteiger partial charge in [0.25, 0.3) is 5.91 Å². The first-order chi connectivity index (χ1) is 12.2. The lowest BCUT2D eigenvalue weighted by Crippen LogP contribution is -2.25. The number of methoxy groups -OCH3 is 1. The van der Waals surface area contributed by atoms with Crippen molar-refractivity contribution in [3.05, 3.63) is 53.5 Å². The third kappa shape index (κ3) is 3.88. The summed E-state index contributed by atoms with van der Waals surface area (Å²) in [7, 11) is 1.62. The second-order valence-electron chi connectivity index (χ2n) is 5.77. The molecule has 3 aromatic rings. The molecule has 0 spiro atoms. The first-order valence-electron chi connectivity index (χ1n) is 8.14. The lowest BCUT2D eigenvalue weighted by atomic mass is 10.1. The van der Waals surface area contributed by atoms with Crippen LogP contribution >= 0.6 is 0 Å². The van der Waals surface area contributed by atoms with Crippen LogP contribution in [0.15, 0.2) is 36.7 Å². The summed E-state index contributed by atoms with van der Waals surface area (Å²) in [5, 5.41) is 16.8. The number of ether oxygens (including phenoxy) is 1. The zero-order valence-corrected chi connectivity index (χ0v) is 14.3. The molecule has 0 atom stereocenters. The Balaban J connectivity index is 1.59. The topological polar surface area (TPSA) is 95.7 Å². The van der Waals surface area contributed by atoms with E-state index >= 15 is 0 Å². The Bertz CT molecular complexity index is 835. The fraction of sp³-hybridized carbons (Fsp3) is 0.278. The van der Waals surface area contributed by atoms with Crippen molar-refractivity contribution in [1.82, 2.24) is 25.7 Å². The van der Waals surface area contributed by atoms with Gasteiger partial charge in [-0.15, -0.1) is 0 Å². The lowest BCUT2D eigenvalue weighted by Gasteiger charge is -2.06. The zero-order chi connectivity index (χ0) is 17.6. The molecule has 7 heteroatoms. The first-order valence-corrected chi connectivity index (χ1v) is 8.14. The van der Waals surface area contributed by atoms with Crippen molar-refractivity contribution >= 4 is 5.91 Å². The second-order valence-corrected chi connectivity index (χ2v) is 5.77. The van der Waals surface area contributed by atoms with E-state index in [0.717, 1.165) is 29.8 Å². The van der Waals surface area contributed by atoms with Gasteiger partial charge in [-0.2, -0.15) is 10.2 Å². The Labute approximate surface area is 145 Å². The Kier molecular flexibility index (Phi) is 5.13. The van der Waals surface area contributed by atoms with Crippen LogP contribution in [-0.4, -0.2) is 40.0 Å². The summed E-state index contributed by atoms with van der Waals surface area (Å²) < 4.78 is 5.16. The number of H-pyrrole nitrogens is 2. The highest BCUT2D eigenvalue weighted by Crippen LogP contribution is 2.23. The summed E-state index contributed by atoms with van der Waals surface area (Å²) in [5.41, 5.74) is 4.37. The summed E-state index contributed by atoms with van der Waals surface area (Å²) in [6.07, 6.45) is 5.10. The molecule has 0 aliphatic rings. The number of hydrogen-bond donors (Lipinski definition) is 3. The van der Waals surface area contributed by atoms with Gasteiger partial charge in [0.15, 0.2) is 0 Å². The van der Waals surface area contributed by atoms with Crippen molar-refractivity contribution in [3.63, 3.8) is 0 Å². The monoisotopic (exact) mass is 339 g/mol. The molecular formula is C18H21N5O2. The number of amides is 1. The number of hydrogen-bond acceptors (Lipinski definition) is 4. The van der Waals surface area contributed by atoms with Gasteiger partial charge in [-0.3, -0.25) is 15.0 Å². The summed E-state index contributed by atoms with van der Waals surface area (Å²) >= 11 is 0. The summed E-state index contributed by atoms with van der Waals surface area (Å²) in [6.45, 7) is 2.59. The molecule has 3 N–H and O–H groups in total. The minimum atomic E-state index is -0.136. The normalized spacial score (nSPS) is 10.6. The highest BCUT2D eigenvalue weighted by atomic mass is 16.5. The van der Waals surface area contributed by atoms with Crippen molar-refractivity contribution in [2.24, 2.45) is 0 Å². The van der Waals surface area contributed by atoms with E-state index in [2.05, 4.69) is 25.7 Å². The van der Waals surface area contributed by atoms with Gasteiger partial charge in [0.2, 0.25) is 0 Å². The van der Waals surface area contributed by atoms with E-state index in [-0.39, 0.29) is 5.91 Å². The molecule has 3 rings (SSSR count). The number of aromatic amines is 2. The van der Waals surface area contributed by atoms with Crippen molar-refractivity contribution in [1.29, 1.82) is 0 Å². The number of nitrogens with zero attached hydrogens (tertiary/aromatic N) is 2. The summed E-state index contributed by atoms with van der Waals surface area (Å²) in [4.78, 5) is 12.4. The van der Waals surface area contributed by atoms with Crippen LogP contribution in [0.3, 0.4) is 0 Å². The Morgan fingerprint density at radius 3 is 2.60 bits per heavy atom. The Morgan fingerprint density at radius 2 is 1.92 bits per heavy atom. The molecule has 0 saturated carbocycles. The van der Waals surface area contributed by atoms with Crippen LogP contribution in [0.2, 0.25) is 0 Å². The molecule has 7 nitrogen and oxygen atoms in total. The molecule has 1 aromatic carbocycles. The second kappa shape index (κ2) is 7.65. The fourth-order valence-corrected chi connectivity index (χ4v) is 2.64. The summed E-state index contributed by atoms with van der Waals surface area (Å²) in [6, 6.07) is 7.49. The van der Waals surface area contributed by atoms with Gasteiger partial charge in [0.1, 0.15) is 5.75 Å². The first kappa shape index (κ1) is 16.8. The number of aromatic nitrogens is 4. The standard InChI is InChI=1S/C18H21N5O2/c1-12-14(10-20-22-12)4-3-9-19-18(24)16-11-21-23-17(16)13-5-7-15(25-2)8-6-13/h5-8,10-11H,3-4,9H2,1-2H3,(H,19,24)(H,20,22)(H,21,23). The molecule has 0 saturated heterocycles. The average molecular weight is 339 g/mol. The van der Waals surface area contributed by atoms with Gasteiger partial charge in [-0.05, 0) is 49.6 Å². The van der Waals surface area contributed by atoms with Gasteiger partial charge >= 0.3 is 0 Å². The third-order valence-corrected chi connectivity index (χ3v) is 4.11. The molecule has 25 heavy (non-hydrogen) atoms. The summed E-state index contributed by atoms with van der Waals surface area (Å²) in [5.74, 6) is 0.632. The number of nitrogens with one attached hydrogen (secondary N) is 3. The van der Waals surface area contributed by atoms with E-state index in [9.17, 15) is 4.79 Å². The number of carbonyl (C=O) groups excluding carboxylic acids is 1. The molecule has 0 bridgehead atoms. The van der Waals surface area contributed by atoms with Crippen molar-refractivity contribution < 1.29 is 9.53 Å². The average Bonchev–Trinajstić information content (AvgIpc) is 3.28. The largest absolute Gasteiger partial charge is 0.497 e. The number of rotatable bonds is 7.